The van der Waals surface area contributed by atoms with Gasteiger partial charge in [0.15, 0.2) is 0 Å². The Morgan fingerprint density at radius 1 is 1.02 bits per heavy atom. The lowest BCUT2D eigenvalue weighted by Crippen LogP contribution is -2.52. The second-order valence-corrected chi connectivity index (χ2v) is 14.8. The molecule has 11 heteroatoms. The summed E-state index contributed by atoms with van der Waals surface area (Å²) in [6, 6.07) is 4.67. The third kappa shape index (κ3) is 7.17. The van der Waals surface area contributed by atoms with E-state index in [9.17, 15) is 13.2 Å². The quantitative estimate of drug-likeness (QED) is 0.476. The van der Waals surface area contributed by atoms with Crippen LogP contribution in [0.3, 0.4) is 0 Å². The Balaban J connectivity index is 1.14. The normalized spacial score (nSPS) is 23.4. The van der Waals surface area contributed by atoms with E-state index in [2.05, 4.69) is 32.3 Å². The SMILES string of the molecule is Cc1nc(NC[C@@H]2CCC[C@H](c3ccc(C)o3)C2)c(C)c(C(=O)N2CCC(N3CCC(N(C)S(C)(=O)=O)CC3)CC2)n1. The summed E-state index contributed by atoms with van der Waals surface area (Å²) < 4.78 is 31.3. The van der Waals surface area contributed by atoms with Crippen molar-refractivity contribution in [3.05, 3.63) is 40.7 Å². The van der Waals surface area contributed by atoms with Crippen LogP contribution in [0, 0.1) is 26.7 Å². The number of hydrogen-bond donors (Lipinski definition) is 1. The van der Waals surface area contributed by atoms with Crippen molar-refractivity contribution in [2.75, 3.05) is 51.3 Å². The number of hydrogen-bond acceptors (Lipinski definition) is 8. The summed E-state index contributed by atoms with van der Waals surface area (Å²) in [5, 5.41) is 3.57. The third-order valence-electron chi connectivity index (χ3n) is 9.77. The second kappa shape index (κ2) is 13.0. The Bertz CT molecular complexity index is 1350. The molecule has 2 aliphatic heterocycles. The monoisotopic (exact) mass is 600 g/mol. The molecule has 2 aromatic rings. The number of piperidine rings is 2. The highest BCUT2D eigenvalue weighted by Crippen LogP contribution is 2.37. The fraction of sp³-hybridized carbons (Fsp3) is 0.710. The van der Waals surface area contributed by atoms with Gasteiger partial charge in [0.2, 0.25) is 10.0 Å². The highest BCUT2D eigenvalue weighted by molar-refractivity contribution is 7.88. The summed E-state index contributed by atoms with van der Waals surface area (Å²) in [4.78, 5) is 27.3. The van der Waals surface area contributed by atoms with Crippen LogP contribution in [0.15, 0.2) is 16.5 Å². The molecule has 232 valence electrons. The third-order valence-corrected chi connectivity index (χ3v) is 11.1. The molecule has 0 bridgehead atoms. The van der Waals surface area contributed by atoms with Crippen molar-refractivity contribution in [1.82, 2.24) is 24.1 Å². The number of carbonyl (C=O) groups is 1. The van der Waals surface area contributed by atoms with Gasteiger partial charge in [-0.3, -0.25) is 4.79 Å². The Kier molecular flexibility index (Phi) is 9.59. The molecule has 3 aliphatic rings. The predicted molar refractivity (Wildman–Crippen MR) is 164 cm³/mol. The molecular weight excluding hydrogens is 552 g/mol. The number of likely N-dealkylation sites (tertiary alicyclic amines) is 2. The van der Waals surface area contributed by atoms with Crippen molar-refractivity contribution < 1.29 is 17.6 Å². The van der Waals surface area contributed by atoms with Gasteiger partial charge in [0.05, 0.1) is 6.26 Å². The van der Waals surface area contributed by atoms with Crippen LogP contribution in [0.4, 0.5) is 5.82 Å². The summed E-state index contributed by atoms with van der Waals surface area (Å²) in [7, 11) is -1.48. The van der Waals surface area contributed by atoms with Gasteiger partial charge in [-0.05, 0) is 96.9 Å². The smallest absolute Gasteiger partial charge is 0.272 e. The molecule has 4 heterocycles. The first-order chi connectivity index (χ1) is 20.0. The highest BCUT2D eigenvalue weighted by atomic mass is 32.2. The minimum absolute atomic E-state index is 0.0149. The van der Waals surface area contributed by atoms with E-state index in [0.29, 0.717) is 42.5 Å². The minimum Gasteiger partial charge on any atom is -0.466 e. The summed E-state index contributed by atoms with van der Waals surface area (Å²) in [6.07, 6.45) is 9.45. The Hall–Kier alpha value is -2.50. The van der Waals surface area contributed by atoms with E-state index in [1.165, 1.54) is 29.8 Å². The number of sulfonamides is 1. The molecule has 10 nitrogen and oxygen atoms in total. The van der Waals surface area contributed by atoms with Gasteiger partial charge in [-0.15, -0.1) is 0 Å². The zero-order valence-corrected chi connectivity index (χ0v) is 26.8. The van der Waals surface area contributed by atoms with Gasteiger partial charge < -0.3 is 19.5 Å². The van der Waals surface area contributed by atoms with E-state index in [1.807, 2.05) is 25.7 Å². The average molecular weight is 601 g/mol. The van der Waals surface area contributed by atoms with Crippen LogP contribution in [-0.2, 0) is 10.0 Å². The number of furan rings is 1. The van der Waals surface area contributed by atoms with Crippen LogP contribution in [-0.4, -0.2) is 96.5 Å². The largest absolute Gasteiger partial charge is 0.466 e. The topological polar surface area (TPSA) is 112 Å². The van der Waals surface area contributed by atoms with E-state index < -0.39 is 10.0 Å². The summed E-state index contributed by atoms with van der Waals surface area (Å²) in [5.41, 5.74) is 1.32. The maximum atomic E-state index is 13.6. The maximum absolute atomic E-state index is 13.6. The standard InChI is InChI=1S/C31H48N6O4S/c1-21-9-10-28(41-21)25-8-6-7-24(19-25)20-32-30-22(2)29(33-23(3)34-30)31(38)37-17-13-27(14-18-37)36-15-11-26(12-16-36)35(4)42(5,39)40/h9-10,24-27H,6-8,11-20H2,1-5H3,(H,32,33,34)/t24-,25+/m1/s1. The number of anilines is 1. The van der Waals surface area contributed by atoms with E-state index >= 15 is 0 Å². The lowest BCUT2D eigenvalue weighted by molar-refractivity contribution is 0.0542. The van der Waals surface area contributed by atoms with Crippen LogP contribution in [0.25, 0.3) is 0 Å². The van der Waals surface area contributed by atoms with Gasteiger partial charge >= 0.3 is 0 Å². The average Bonchev–Trinajstić information content (AvgIpc) is 3.43. The van der Waals surface area contributed by atoms with Gasteiger partial charge in [0, 0.05) is 50.2 Å². The number of aryl methyl sites for hydroxylation is 2. The first kappa shape index (κ1) is 30.9. The molecule has 0 radical (unpaired) electrons. The van der Waals surface area contributed by atoms with E-state index in [0.717, 1.165) is 74.6 Å². The van der Waals surface area contributed by atoms with E-state index in [1.54, 1.807) is 7.05 Å². The van der Waals surface area contributed by atoms with Gasteiger partial charge in [0.1, 0.15) is 28.9 Å². The van der Waals surface area contributed by atoms with Crippen molar-refractivity contribution in [1.29, 1.82) is 0 Å². The van der Waals surface area contributed by atoms with Crippen molar-refractivity contribution >= 4 is 21.7 Å². The summed E-state index contributed by atoms with van der Waals surface area (Å²) in [5.74, 6) is 4.42. The number of carbonyl (C=O) groups excluding carboxylic acids is 1. The van der Waals surface area contributed by atoms with Crippen LogP contribution < -0.4 is 5.32 Å². The first-order valence-corrected chi connectivity index (χ1v) is 17.5. The molecule has 2 aromatic heterocycles. The zero-order valence-electron chi connectivity index (χ0n) is 25.9. The van der Waals surface area contributed by atoms with Crippen LogP contribution in [0.5, 0.6) is 0 Å². The number of rotatable bonds is 8. The molecule has 0 unspecified atom stereocenters. The predicted octanol–water partition coefficient (Wildman–Crippen LogP) is 4.34. The fourth-order valence-corrected chi connectivity index (χ4v) is 7.88. The number of nitrogens with zero attached hydrogens (tertiary/aromatic N) is 5. The molecular formula is C31H48N6O4S. The molecule has 1 N–H and O–H groups in total. The van der Waals surface area contributed by atoms with E-state index in [-0.39, 0.29) is 11.9 Å². The molecule has 0 spiro atoms. The molecule has 2 saturated heterocycles. The van der Waals surface area contributed by atoms with Crippen LogP contribution in [0.1, 0.15) is 90.7 Å². The lowest BCUT2D eigenvalue weighted by Gasteiger charge is -2.43. The number of aromatic nitrogens is 2. The van der Waals surface area contributed by atoms with Gasteiger partial charge in [0.25, 0.3) is 5.91 Å². The molecule has 0 aromatic carbocycles. The molecule has 1 amide bonds. The van der Waals surface area contributed by atoms with Crippen molar-refractivity contribution in [3.63, 3.8) is 0 Å². The molecule has 5 rings (SSSR count). The van der Waals surface area contributed by atoms with Crippen LogP contribution in [0.2, 0.25) is 0 Å². The minimum atomic E-state index is -3.17. The summed E-state index contributed by atoms with van der Waals surface area (Å²) in [6.45, 7) is 9.82. The second-order valence-electron chi connectivity index (χ2n) is 12.7. The number of nitrogens with one attached hydrogen (secondary N) is 1. The molecule has 1 saturated carbocycles. The molecule has 1 aliphatic carbocycles. The van der Waals surface area contributed by atoms with Crippen molar-refractivity contribution in [3.8, 4) is 0 Å². The van der Waals surface area contributed by atoms with Gasteiger partial charge in [-0.25, -0.2) is 22.7 Å². The Morgan fingerprint density at radius 2 is 1.74 bits per heavy atom. The van der Waals surface area contributed by atoms with Gasteiger partial charge in [-0.2, -0.15) is 0 Å². The highest BCUT2D eigenvalue weighted by Gasteiger charge is 2.33. The first-order valence-electron chi connectivity index (χ1n) is 15.6. The van der Waals surface area contributed by atoms with Crippen molar-refractivity contribution in [2.24, 2.45) is 5.92 Å². The van der Waals surface area contributed by atoms with Gasteiger partial charge in [-0.1, -0.05) is 6.42 Å². The molecule has 3 fully saturated rings. The Labute approximate surface area is 251 Å². The maximum Gasteiger partial charge on any atom is 0.272 e. The fourth-order valence-electron chi connectivity index (χ4n) is 7.13. The molecule has 42 heavy (non-hydrogen) atoms. The lowest BCUT2D eigenvalue weighted by atomic mass is 9.80. The van der Waals surface area contributed by atoms with E-state index in [4.69, 9.17) is 4.42 Å². The Morgan fingerprint density at radius 3 is 2.38 bits per heavy atom. The van der Waals surface area contributed by atoms with Crippen LogP contribution >= 0.6 is 0 Å². The summed E-state index contributed by atoms with van der Waals surface area (Å²) >= 11 is 0. The zero-order chi connectivity index (χ0) is 30.0. The van der Waals surface area contributed by atoms with Crippen molar-refractivity contribution in [2.45, 2.75) is 90.1 Å². The number of amides is 1. The molecule has 2 atom stereocenters.